The Hall–Kier alpha value is -1.70. The number of sulfonamides is 1. The zero-order chi connectivity index (χ0) is 18.1. The number of hydrogen-bond acceptors (Lipinski definition) is 4. The Bertz CT molecular complexity index is 887. The second kappa shape index (κ2) is 7.13. The maximum atomic E-state index is 12.5. The second-order valence-corrected chi connectivity index (χ2v) is 9.93. The monoisotopic (exact) mass is 390 g/mol. The number of fused-ring (bicyclic) bond motifs is 1. The molecule has 26 heavy (non-hydrogen) atoms. The third kappa shape index (κ3) is 3.43. The Morgan fingerprint density at radius 3 is 2.38 bits per heavy atom. The fourth-order valence-electron chi connectivity index (χ4n) is 3.58. The van der Waals surface area contributed by atoms with E-state index in [4.69, 9.17) is 0 Å². The third-order valence-corrected chi connectivity index (χ3v) is 8.18. The Balaban J connectivity index is 1.47. The molecular formula is C19H22N2O3S2. The molecule has 1 aromatic carbocycles. The predicted octanol–water partition coefficient (Wildman–Crippen LogP) is 3.66. The first-order valence-corrected chi connectivity index (χ1v) is 11.3. The van der Waals surface area contributed by atoms with Crippen LogP contribution in [0.2, 0.25) is 0 Å². The van der Waals surface area contributed by atoms with E-state index in [1.165, 1.54) is 27.6 Å². The van der Waals surface area contributed by atoms with E-state index in [0.29, 0.717) is 18.8 Å². The molecule has 2 aromatic rings. The molecule has 0 radical (unpaired) electrons. The van der Waals surface area contributed by atoms with Gasteiger partial charge in [-0.15, -0.1) is 11.3 Å². The molecule has 1 aromatic heterocycles. The minimum atomic E-state index is -3.42. The van der Waals surface area contributed by atoms with E-state index in [1.54, 1.807) is 35.6 Å². The van der Waals surface area contributed by atoms with Crippen LogP contribution >= 0.6 is 11.3 Å². The highest BCUT2D eigenvalue weighted by Gasteiger charge is 2.27. The van der Waals surface area contributed by atoms with E-state index in [-0.39, 0.29) is 10.8 Å². The largest absolute Gasteiger partial charge is 0.321 e. The molecule has 1 aliphatic carbocycles. The maximum Gasteiger partial charge on any atom is 0.265 e. The SMILES string of the molecule is O=C(Nc1ccc(S(=O)(=O)N2CCCC2)cc1)c1cc2c(s1)CCCC2. The van der Waals surface area contributed by atoms with Crippen molar-refractivity contribution in [3.63, 3.8) is 0 Å². The summed E-state index contributed by atoms with van der Waals surface area (Å²) in [6.07, 6.45) is 6.34. The van der Waals surface area contributed by atoms with Gasteiger partial charge in [-0.25, -0.2) is 8.42 Å². The van der Waals surface area contributed by atoms with Crippen LogP contribution < -0.4 is 5.32 Å². The highest BCUT2D eigenvalue weighted by Crippen LogP contribution is 2.30. The van der Waals surface area contributed by atoms with Gasteiger partial charge in [-0.2, -0.15) is 4.31 Å². The normalized spacial score (nSPS) is 17.8. The number of anilines is 1. The molecule has 1 fully saturated rings. The third-order valence-electron chi connectivity index (χ3n) is 5.04. The van der Waals surface area contributed by atoms with Crippen LogP contribution in [0, 0.1) is 0 Å². The van der Waals surface area contributed by atoms with Crippen molar-refractivity contribution in [1.29, 1.82) is 0 Å². The maximum absolute atomic E-state index is 12.5. The molecule has 1 saturated heterocycles. The van der Waals surface area contributed by atoms with Crippen LogP contribution in [0.3, 0.4) is 0 Å². The Labute approximate surface area is 158 Å². The number of carbonyl (C=O) groups is 1. The van der Waals surface area contributed by atoms with Crippen molar-refractivity contribution >= 4 is 33.0 Å². The van der Waals surface area contributed by atoms with Gasteiger partial charge in [-0.1, -0.05) is 0 Å². The van der Waals surface area contributed by atoms with Crippen molar-refractivity contribution < 1.29 is 13.2 Å². The van der Waals surface area contributed by atoms with Gasteiger partial charge in [-0.3, -0.25) is 4.79 Å². The second-order valence-electron chi connectivity index (χ2n) is 6.86. The zero-order valence-electron chi connectivity index (χ0n) is 14.5. The summed E-state index contributed by atoms with van der Waals surface area (Å²) in [4.78, 5) is 14.8. The number of amides is 1. The van der Waals surface area contributed by atoms with Gasteiger partial charge < -0.3 is 5.32 Å². The summed E-state index contributed by atoms with van der Waals surface area (Å²) in [6, 6.07) is 8.47. The topological polar surface area (TPSA) is 66.5 Å². The van der Waals surface area contributed by atoms with Crippen molar-refractivity contribution in [2.24, 2.45) is 0 Å². The molecule has 5 nitrogen and oxygen atoms in total. The minimum Gasteiger partial charge on any atom is -0.321 e. The molecule has 0 unspecified atom stereocenters. The van der Waals surface area contributed by atoms with Gasteiger partial charge in [0.05, 0.1) is 9.77 Å². The van der Waals surface area contributed by atoms with Crippen LogP contribution in [-0.4, -0.2) is 31.7 Å². The summed E-state index contributed by atoms with van der Waals surface area (Å²) < 4.78 is 26.6. The van der Waals surface area contributed by atoms with Crippen molar-refractivity contribution in [2.75, 3.05) is 18.4 Å². The first-order valence-electron chi connectivity index (χ1n) is 9.07. The van der Waals surface area contributed by atoms with Crippen LogP contribution in [0.4, 0.5) is 5.69 Å². The number of hydrogen-bond donors (Lipinski definition) is 1. The average Bonchev–Trinajstić information content (AvgIpc) is 3.32. The van der Waals surface area contributed by atoms with Gasteiger partial charge in [0, 0.05) is 23.7 Å². The van der Waals surface area contributed by atoms with Gasteiger partial charge >= 0.3 is 0 Å². The van der Waals surface area contributed by atoms with Crippen LogP contribution in [0.15, 0.2) is 35.2 Å². The molecular weight excluding hydrogens is 368 g/mol. The quantitative estimate of drug-likeness (QED) is 0.866. The summed E-state index contributed by atoms with van der Waals surface area (Å²) in [5.74, 6) is -0.125. The molecule has 2 heterocycles. The summed E-state index contributed by atoms with van der Waals surface area (Å²) in [7, 11) is -3.42. The fraction of sp³-hybridized carbons (Fsp3) is 0.421. The first kappa shape index (κ1) is 17.7. The van der Waals surface area contributed by atoms with Crippen LogP contribution in [0.5, 0.6) is 0 Å². The van der Waals surface area contributed by atoms with E-state index >= 15 is 0 Å². The molecule has 1 amide bonds. The molecule has 0 saturated carbocycles. The molecule has 2 aliphatic rings. The lowest BCUT2D eigenvalue weighted by atomic mass is 9.99. The highest BCUT2D eigenvalue weighted by atomic mass is 32.2. The van der Waals surface area contributed by atoms with E-state index in [9.17, 15) is 13.2 Å². The van der Waals surface area contributed by atoms with Crippen LogP contribution in [0.25, 0.3) is 0 Å². The van der Waals surface area contributed by atoms with Gasteiger partial charge in [0.2, 0.25) is 10.0 Å². The number of thiophene rings is 1. The molecule has 0 atom stereocenters. The Morgan fingerprint density at radius 2 is 1.69 bits per heavy atom. The number of benzene rings is 1. The summed E-state index contributed by atoms with van der Waals surface area (Å²) >= 11 is 1.57. The van der Waals surface area contributed by atoms with E-state index in [0.717, 1.165) is 30.6 Å². The number of rotatable bonds is 4. The van der Waals surface area contributed by atoms with E-state index in [1.807, 2.05) is 6.07 Å². The predicted molar refractivity (Wildman–Crippen MR) is 103 cm³/mol. The van der Waals surface area contributed by atoms with Crippen LogP contribution in [0.1, 0.15) is 45.8 Å². The standard InChI is InChI=1S/C19H22N2O3S2/c22-19(18-13-14-5-1-2-6-17(14)25-18)20-15-7-9-16(10-8-15)26(23,24)21-11-3-4-12-21/h7-10,13H,1-6,11-12H2,(H,20,22). The molecule has 0 spiro atoms. The van der Waals surface area contributed by atoms with Gasteiger partial charge in [0.15, 0.2) is 0 Å². The fourth-order valence-corrected chi connectivity index (χ4v) is 6.25. The molecule has 138 valence electrons. The van der Waals surface area contributed by atoms with Crippen molar-refractivity contribution in [1.82, 2.24) is 4.31 Å². The molecule has 4 rings (SSSR count). The Kier molecular flexibility index (Phi) is 4.86. The van der Waals surface area contributed by atoms with Crippen molar-refractivity contribution in [3.8, 4) is 0 Å². The molecule has 1 aliphatic heterocycles. The molecule has 7 heteroatoms. The lowest BCUT2D eigenvalue weighted by Gasteiger charge is -2.15. The summed E-state index contributed by atoms with van der Waals surface area (Å²) in [6.45, 7) is 1.17. The van der Waals surface area contributed by atoms with Crippen LogP contribution in [-0.2, 0) is 22.9 Å². The van der Waals surface area contributed by atoms with E-state index < -0.39 is 10.0 Å². The smallest absolute Gasteiger partial charge is 0.265 e. The van der Waals surface area contributed by atoms with Gasteiger partial charge in [0.1, 0.15) is 0 Å². The number of nitrogens with zero attached hydrogens (tertiary/aromatic N) is 1. The molecule has 0 bridgehead atoms. The van der Waals surface area contributed by atoms with Gasteiger partial charge in [0.25, 0.3) is 5.91 Å². The minimum absolute atomic E-state index is 0.125. The van der Waals surface area contributed by atoms with E-state index in [2.05, 4.69) is 5.32 Å². The number of carbonyl (C=O) groups excluding carboxylic acids is 1. The summed E-state index contributed by atoms with van der Waals surface area (Å²) in [5.41, 5.74) is 1.92. The van der Waals surface area contributed by atoms with Gasteiger partial charge in [-0.05, 0) is 74.4 Å². The lowest BCUT2D eigenvalue weighted by molar-refractivity contribution is 0.103. The average molecular weight is 391 g/mol. The Morgan fingerprint density at radius 1 is 1.00 bits per heavy atom. The first-order chi connectivity index (χ1) is 12.5. The number of nitrogens with one attached hydrogen (secondary N) is 1. The van der Waals surface area contributed by atoms with Crippen molar-refractivity contribution in [2.45, 2.75) is 43.4 Å². The highest BCUT2D eigenvalue weighted by molar-refractivity contribution is 7.89. The lowest BCUT2D eigenvalue weighted by Crippen LogP contribution is -2.27. The molecule has 1 N–H and O–H groups in total. The number of aryl methyl sites for hydroxylation is 2. The summed E-state index contributed by atoms with van der Waals surface area (Å²) in [5, 5.41) is 2.88. The van der Waals surface area contributed by atoms with Crippen molar-refractivity contribution in [3.05, 3.63) is 45.6 Å². The zero-order valence-corrected chi connectivity index (χ0v) is 16.2.